The van der Waals surface area contributed by atoms with E-state index in [2.05, 4.69) is 21.2 Å². The topological polar surface area (TPSA) is 66.5 Å². The fourth-order valence-corrected chi connectivity index (χ4v) is 4.87. The molecule has 27 heavy (non-hydrogen) atoms. The summed E-state index contributed by atoms with van der Waals surface area (Å²) in [5.74, 6) is -2.27. The first-order valence-corrected chi connectivity index (χ1v) is 11.2. The first-order chi connectivity index (χ1) is 12.8. The van der Waals surface area contributed by atoms with Gasteiger partial charge >= 0.3 is 0 Å². The van der Waals surface area contributed by atoms with E-state index in [0.29, 0.717) is 11.3 Å². The molecule has 0 aliphatic carbocycles. The van der Waals surface area contributed by atoms with E-state index in [1.54, 1.807) is 36.4 Å². The summed E-state index contributed by atoms with van der Waals surface area (Å²) in [5.41, 5.74) is 1.22. The molecule has 1 heterocycles. The van der Waals surface area contributed by atoms with Crippen molar-refractivity contribution in [2.75, 3.05) is 29.1 Å². The van der Waals surface area contributed by atoms with Crippen LogP contribution in [0.4, 0.5) is 15.8 Å². The van der Waals surface area contributed by atoms with Crippen LogP contribution in [0.2, 0.25) is 0 Å². The first kappa shape index (κ1) is 19.8. The number of rotatable bonds is 6. The second-order valence-corrected chi connectivity index (χ2v) is 9.52. The maximum atomic E-state index is 14.3. The molecule has 5 nitrogen and oxygen atoms in total. The average Bonchev–Trinajstić information content (AvgIpc) is 3.10. The monoisotopic (exact) mass is 454 g/mol. The SMILES string of the molecule is O=C(CS(=O)(=O)Cc1cccc(Br)c1)Nc1c(F)cccc1N1CCCC1. The van der Waals surface area contributed by atoms with Crippen LogP contribution in [0.15, 0.2) is 46.9 Å². The molecule has 1 amide bonds. The Morgan fingerprint density at radius 1 is 1.15 bits per heavy atom. The summed E-state index contributed by atoms with van der Waals surface area (Å²) in [6, 6.07) is 11.5. The van der Waals surface area contributed by atoms with Gasteiger partial charge in [-0.3, -0.25) is 4.79 Å². The van der Waals surface area contributed by atoms with Gasteiger partial charge in [-0.15, -0.1) is 0 Å². The number of carbonyl (C=O) groups excluding carboxylic acids is 1. The van der Waals surface area contributed by atoms with Gasteiger partial charge < -0.3 is 10.2 Å². The predicted octanol–water partition coefficient (Wildman–Crippen LogP) is 3.74. The number of nitrogens with one attached hydrogen (secondary N) is 1. The molecule has 0 radical (unpaired) electrons. The molecule has 1 fully saturated rings. The minimum absolute atomic E-state index is 0.0436. The van der Waals surface area contributed by atoms with Crippen molar-refractivity contribution < 1.29 is 17.6 Å². The average molecular weight is 455 g/mol. The number of hydrogen-bond acceptors (Lipinski definition) is 4. The van der Waals surface area contributed by atoms with Crippen molar-refractivity contribution in [1.82, 2.24) is 0 Å². The maximum Gasteiger partial charge on any atom is 0.239 e. The normalized spacial score (nSPS) is 14.4. The highest BCUT2D eigenvalue weighted by atomic mass is 79.9. The molecule has 1 aliphatic heterocycles. The summed E-state index contributed by atoms with van der Waals surface area (Å²) in [4.78, 5) is 14.3. The summed E-state index contributed by atoms with van der Waals surface area (Å²) in [6.07, 6.45) is 2.01. The van der Waals surface area contributed by atoms with Crippen molar-refractivity contribution in [3.63, 3.8) is 0 Å². The number of sulfone groups is 1. The predicted molar refractivity (Wildman–Crippen MR) is 108 cm³/mol. The largest absolute Gasteiger partial charge is 0.370 e. The molecule has 1 saturated heterocycles. The van der Waals surface area contributed by atoms with E-state index in [-0.39, 0.29) is 11.4 Å². The van der Waals surface area contributed by atoms with Crippen LogP contribution in [0.25, 0.3) is 0 Å². The van der Waals surface area contributed by atoms with Crippen LogP contribution in [0.3, 0.4) is 0 Å². The minimum atomic E-state index is -3.68. The van der Waals surface area contributed by atoms with Crippen molar-refractivity contribution in [3.8, 4) is 0 Å². The molecule has 0 spiro atoms. The maximum absolute atomic E-state index is 14.3. The van der Waals surface area contributed by atoms with E-state index in [0.717, 1.165) is 30.4 Å². The molecule has 2 aromatic carbocycles. The summed E-state index contributed by atoms with van der Waals surface area (Å²) >= 11 is 3.29. The second-order valence-electron chi connectivity index (χ2n) is 6.54. The third-order valence-corrected chi connectivity index (χ3v) is 6.30. The van der Waals surface area contributed by atoms with Gasteiger partial charge in [-0.05, 0) is 42.7 Å². The smallest absolute Gasteiger partial charge is 0.239 e. The molecule has 1 aliphatic rings. The van der Waals surface area contributed by atoms with Crippen molar-refractivity contribution >= 4 is 43.0 Å². The lowest BCUT2D eigenvalue weighted by atomic mass is 10.2. The van der Waals surface area contributed by atoms with Crippen LogP contribution in [0.1, 0.15) is 18.4 Å². The molecule has 0 bridgehead atoms. The van der Waals surface area contributed by atoms with Gasteiger partial charge in [-0.25, -0.2) is 12.8 Å². The van der Waals surface area contributed by atoms with Crippen molar-refractivity contribution in [2.24, 2.45) is 0 Å². The highest BCUT2D eigenvalue weighted by Gasteiger charge is 2.22. The molecule has 2 aromatic rings. The van der Waals surface area contributed by atoms with Gasteiger partial charge in [0, 0.05) is 17.6 Å². The lowest BCUT2D eigenvalue weighted by molar-refractivity contribution is -0.113. The Morgan fingerprint density at radius 3 is 2.56 bits per heavy atom. The van der Waals surface area contributed by atoms with Gasteiger partial charge in [0.15, 0.2) is 9.84 Å². The van der Waals surface area contributed by atoms with Crippen molar-refractivity contribution in [1.29, 1.82) is 0 Å². The third-order valence-electron chi connectivity index (χ3n) is 4.33. The summed E-state index contributed by atoms with van der Waals surface area (Å²) in [7, 11) is -3.68. The summed E-state index contributed by atoms with van der Waals surface area (Å²) in [5, 5.41) is 2.46. The Labute approximate surface area is 166 Å². The second kappa shape index (κ2) is 8.39. The number of anilines is 2. The molecule has 0 aromatic heterocycles. The lowest BCUT2D eigenvalue weighted by Crippen LogP contribution is -2.26. The van der Waals surface area contributed by atoms with E-state index in [1.165, 1.54) is 6.07 Å². The summed E-state index contributed by atoms with van der Waals surface area (Å²) < 4.78 is 39.8. The number of hydrogen-bond donors (Lipinski definition) is 1. The number of nitrogens with zero attached hydrogens (tertiary/aromatic N) is 1. The Bertz CT molecular complexity index is 944. The Hall–Kier alpha value is -1.93. The van der Waals surface area contributed by atoms with Gasteiger partial charge in [-0.1, -0.05) is 34.1 Å². The molecular formula is C19H20BrFN2O3S. The molecule has 0 atom stereocenters. The van der Waals surface area contributed by atoms with Gasteiger partial charge in [0.05, 0.1) is 11.4 Å². The number of para-hydroxylation sites is 1. The number of halogens is 2. The fraction of sp³-hybridized carbons (Fsp3) is 0.316. The van der Waals surface area contributed by atoms with Crippen LogP contribution in [0.5, 0.6) is 0 Å². The Kier molecular flexibility index (Phi) is 6.16. The van der Waals surface area contributed by atoms with Gasteiger partial charge in [-0.2, -0.15) is 0 Å². The van der Waals surface area contributed by atoms with Crippen LogP contribution in [-0.4, -0.2) is 33.2 Å². The molecular weight excluding hydrogens is 435 g/mol. The van der Waals surface area contributed by atoms with Crippen LogP contribution in [-0.2, 0) is 20.4 Å². The number of amides is 1. The minimum Gasteiger partial charge on any atom is -0.370 e. The zero-order chi connectivity index (χ0) is 19.4. The highest BCUT2D eigenvalue weighted by molar-refractivity contribution is 9.10. The highest BCUT2D eigenvalue weighted by Crippen LogP contribution is 2.31. The number of carbonyl (C=O) groups is 1. The fourth-order valence-electron chi connectivity index (χ4n) is 3.17. The van der Waals surface area contributed by atoms with E-state index in [4.69, 9.17) is 0 Å². The van der Waals surface area contributed by atoms with Gasteiger partial charge in [0.2, 0.25) is 5.91 Å². The first-order valence-electron chi connectivity index (χ1n) is 8.62. The quantitative estimate of drug-likeness (QED) is 0.721. The molecule has 0 saturated carbocycles. The molecule has 3 rings (SSSR count). The zero-order valence-electron chi connectivity index (χ0n) is 14.6. The van der Waals surface area contributed by atoms with E-state index >= 15 is 0 Å². The van der Waals surface area contributed by atoms with Gasteiger partial charge in [0.1, 0.15) is 17.3 Å². The van der Waals surface area contributed by atoms with E-state index in [1.807, 2.05) is 4.90 Å². The Morgan fingerprint density at radius 2 is 1.85 bits per heavy atom. The molecule has 144 valence electrons. The van der Waals surface area contributed by atoms with E-state index in [9.17, 15) is 17.6 Å². The standard InChI is InChI=1S/C19H20BrFN2O3S/c20-15-6-3-5-14(11-15)12-27(25,26)13-18(24)22-19-16(21)7-4-8-17(19)23-9-1-2-10-23/h3-8,11H,1-2,9-10,12-13H2,(H,22,24). The van der Waals surface area contributed by atoms with Crippen LogP contribution < -0.4 is 10.2 Å². The molecule has 8 heteroatoms. The zero-order valence-corrected chi connectivity index (χ0v) is 17.0. The molecule has 0 unspecified atom stereocenters. The van der Waals surface area contributed by atoms with Crippen LogP contribution in [0, 0.1) is 5.82 Å². The number of benzene rings is 2. The summed E-state index contributed by atoms with van der Waals surface area (Å²) in [6.45, 7) is 1.57. The lowest BCUT2D eigenvalue weighted by Gasteiger charge is -2.22. The third kappa shape index (κ3) is 5.29. The molecule has 1 N–H and O–H groups in total. The van der Waals surface area contributed by atoms with Crippen LogP contribution >= 0.6 is 15.9 Å². The van der Waals surface area contributed by atoms with Crippen molar-refractivity contribution in [3.05, 3.63) is 58.3 Å². The van der Waals surface area contributed by atoms with Crippen molar-refractivity contribution in [2.45, 2.75) is 18.6 Å². The van der Waals surface area contributed by atoms with Gasteiger partial charge in [0.25, 0.3) is 0 Å². The Balaban J connectivity index is 1.72. The van der Waals surface area contributed by atoms with E-state index < -0.39 is 27.3 Å².